The van der Waals surface area contributed by atoms with Crippen molar-refractivity contribution >= 4 is 17.2 Å². The summed E-state index contributed by atoms with van der Waals surface area (Å²) in [7, 11) is 0. The second kappa shape index (κ2) is 8.54. The largest absolute Gasteiger partial charge is 0.329 e. The zero-order valence-electron chi connectivity index (χ0n) is 15.1. The monoisotopic (exact) mass is 386 g/mol. The Hall–Kier alpha value is -3.38. The molecule has 1 aromatic carbocycles. The van der Waals surface area contributed by atoms with Crippen molar-refractivity contribution in [1.82, 2.24) is 19.9 Å². The molecule has 6 heteroatoms. The SMILES string of the molecule is O=C(c1csc(-c2ccccc2)n1)N(Cc1ccncc1)Cc1cccnc1. The highest BCUT2D eigenvalue weighted by Crippen LogP contribution is 2.24. The molecule has 5 nitrogen and oxygen atoms in total. The third kappa shape index (κ3) is 4.29. The van der Waals surface area contributed by atoms with Crippen molar-refractivity contribution in [1.29, 1.82) is 0 Å². The Balaban J connectivity index is 1.60. The fourth-order valence-electron chi connectivity index (χ4n) is 2.87. The number of pyridine rings is 2. The molecule has 0 aliphatic heterocycles. The van der Waals surface area contributed by atoms with Crippen molar-refractivity contribution in [3.8, 4) is 10.6 Å². The van der Waals surface area contributed by atoms with Gasteiger partial charge in [-0.2, -0.15) is 0 Å². The van der Waals surface area contributed by atoms with E-state index in [0.717, 1.165) is 21.7 Å². The van der Waals surface area contributed by atoms with Gasteiger partial charge in [0.15, 0.2) is 0 Å². The topological polar surface area (TPSA) is 59.0 Å². The molecule has 138 valence electrons. The zero-order chi connectivity index (χ0) is 19.2. The maximum Gasteiger partial charge on any atom is 0.273 e. The molecule has 0 unspecified atom stereocenters. The Bertz CT molecular complexity index is 994. The van der Waals surface area contributed by atoms with Gasteiger partial charge in [-0.25, -0.2) is 4.98 Å². The fraction of sp³-hybridized carbons (Fsp3) is 0.0909. The maximum absolute atomic E-state index is 13.2. The van der Waals surface area contributed by atoms with E-state index in [1.54, 1.807) is 29.7 Å². The summed E-state index contributed by atoms with van der Waals surface area (Å²) in [5.74, 6) is -0.0981. The van der Waals surface area contributed by atoms with Crippen LogP contribution in [0.15, 0.2) is 84.8 Å². The summed E-state index contributed by atoms with van der Waals surface area (Å²) in [6.07, 6.45) is 6.98. The molecule has 28 heavy (non-hydrogen) atoms. The Morgan fingerprint density at radius 1 is 0.857 bits per heavy atom. The molecule has 4 rings (SSSR count). The number of aromatic nitrogens is 3. The van der Waals surface area contributed by atoms with Gasteiger partial charge >= 0.3 is 0 Å². The lowest BCUT2D eigenvalue weighted by Gasteiger charge is -2.22. The van der Waals surface area contributed by atoms with Gasteiger partial charge in [-0.15, -0.1) is 11.3 Å². The molecule has 0 N–H and O–H groups in total. The first-order valence-corrected chi connectivity index (χ1v) is 9.75. The van der Waals surface area contributed by atoms with E-state index < -0.39 is 0 Å². The third-order valence-corrected chi connectivity index (χ3v) is 5.14. The number of nitrogens with zero attached hydrogens (tertiary/aromatic N) is 4. The Kier molecular flexibility index (Phi) is 5.49. The van der Waals surface area contributed by atoms with Crippen LogP contribution in [0.1, 0.15) is 21.6 Å². The number of rotatable bonds is 6. The molecule has 0 atom stereocenters. The van der Waals surface area contributed by atoms with Crippen LogP contribution < -0.4 is 0 Å². The van der Waals surface area contributed by atoms with Gasteiger partial charge in [0.05, 0.1) is 0 Å². The number of thiazole rings is 1. The van der Waals surface area contributed by atoms with Crippen LogP contribution in [0.4, 0.5) is 0 Å². The maximum atomic E-state index is 13.2. The van der Waals surface area contributed by atoms with Gasteiger partial charge in [0.25, 0.3) is 5.91 Å². The minimum atomic E-state index is -0.0981. The third-order valence-electron chi connectivity index (χ3n) is 4.25. The second-order valence-electron chi connectivity index (χ2n) is 6.28. The number of benzene rings is 1. The van der Waals surface area contributed by atoms with Crippen LogP contribution in [-0.2, 0) is 13.1 Å². The van der Waals surface area contributed by atoms with Gasteiger partial charge in [-0.3, -0.25) is 14.8 Å². The van der Waals surface area contributed by atoms with Gasteiger partial charge in [-0.05, 0) is 29.3 Å². The van der Waals surface area contributed by atoms with Crippen molar-refractivity contribution in [3.63, 3.8) is 0 Å². The van der Waals surface area contributed by atoms with Crippen LogP contribution in [0.25, 0.3) is 10.6 Å². The highest BCUT2D eigenvalue weighted by atomic mass is 32.1. The van der Waals surface area contributed by atoms with Crippen LogP contribution in [0.3, 0.4) is 0 Å². The van der Waals surface area contributed by atoms with Crippen molar-refractivity contribution < 1.29 is 4.79 Å². The van der Waals surface area contributed by atoms with Gasteiger partial charge < -0.3 is 4.90 Å². The zero-order valence-corrected chi connectivity index (χ0v) is 15.9. The molecular formula is C22H18N4OS. The van der Waals surface area contributed by atoms with Crippen molar-refractivity contribution in [2.24, 2.45) is 0 Å². The van der Waals surface area contributed by atoms with E-state index >= 15 is 0 Å². The summed E-state index contributed by atoms with van der Waals surface area (Å²) in [5, 5.41) is 2.67. The van der Waals surface area contributed by atoms with Crippen molar-refractivity contribution in [3.05, 3.63) is 102 Å². The molecule has 4 aromatic rings. The molecule has 1 amide bonds. The Morgan fingerprint density at radius 3 is 2.39 bits per heavy atom. The number of carbonyl (C=O) groups excluding carboxylic acids is 1. The fourth-order valence-corrected chi connectivity index (χ4v) is 3.67. The lowest BCUT2D eigenvalue weighted by molar-refractivity contribution is 0.0724. The second-order valence-corrected chi connectivity index (χ2v) is 7.14. The summed E-state index contributed by atoms with van der Waals surface area (Å²) in [4.78, 5) is 27.8. The molecular weight excluding hydrogens is 368 g/mol. The first-order chi connectivity index (χ1) is 13.8. The first-order valence-electron chi connectivity index (χ1n) is 8.87. The predicted molar refractivity (Wildman–Crippen MR) is 110 cm³/mol. The minimum absolute atomic E-state index is 0.0981. The van der Waals surface area contributed by atoms with E-state index in [4.69, 9.17) is 0 Å². The van der Waals surface area contributed by atoms with Gasteiger partial charge in [0.1, 0.15) is 10.7 Å². The molecule has 0 aliphatic carbocycles. The minimum Gasteiger partial charge on any atom is -0.329 e. The number of carbonyl (C=O) groups is 1. The van der Waals surface area contributed by atoms with E-state index in [-0.39, 0.29) is 5.91 Å². The van der Waals surface area contributed by atoms with E-state index in [9.17, 15) is 4.79 Å². The highest BCUT2D eigenvalue weighted by molar-refractivity contribution is 7.13. The number of hydrogen-bond donors (Lipinski definition) is 0. The smallest absolute Gasteiger partial charge is 0.273 e. The van der Waals surface area contributed by atoms with Gasteiger partial charge in [0.2, 0.25) is 0 Å². The quantitative estimate of drug-likeness (QED) is 0.491. The normalized spacial score (nSPS) is 10.6. The molecule has 0 bridgehead atoms. The van der Waals surface area contributed by atoms with Crippen LogP contribution in [-0.4, -0.2) is 25.8 Å². The molecule has 3 aromatic heterocycles. The van der Waals surface area contributed by atoms with Gasteiger partial charge in [-0.1, -0.05) is 36.4 Å². The average molecular weight is 386 g/mol. The average Bonchev–Trinajstić information content (AvgIpc) is 3.25. The summed E-state index contributed by atoms with van der Waals surface area (Å²) in [5.41, 5.74) is 3.47. The standard InChI is InChI=1S/C22H18N4OS/c27-22(20-16-28-21(25-20)19-6-2-1-3-7-19)26(14-17-8-11-23-12-9-17)15-18-5-4-10-24-13-18/h1-13,16H,14-15H2. The molecule has 0 spiro atoms. The number of amides is 1. The van der Waals surface area contributed by atoms with Crippen LogP contribution in [0.5, 0.6) is 0 Å². The molecule has 0 saturated carbocycles. The molecule has 0 saturated heterocycles. The summed E-state index contributed by atoms with van der Waals surface area (Å²) < 4.78 is 0. The van der Waals surface area contributed by atoms with Crippen molar-refractivity contribution in [2.75, 3.05) is 0 Å². The highest BCUT2D eigenvalue weighted by Gasteiger charge is 2.20. The van der Waals surface area contributed by atoms with Gasteiger partial charge in [0, 0.05) is 48.8 Å². The van der Waals surface area contributed by atoms with Crippen LogP contribution in [0, 0.1) is 0 Å². The van der Waals surface area contributed by atoms with E-state index in [1.165, 1.54) is 11.3 Å². The molecule has 0 aliphatic rings. The van der Waals surface area contributed by atoms with E-state index in [2.05, 4.69) is 15.0 Å². The summed E-state index contributed by atoms with van der Waals surface area (Å²) >= 11 is 1.48. The lowest BCUT2D eigenvalue weighted by atomic mass is 10.2. The van der Waals surface area contributed by atoms with Crippen LogP contribution in [0.2, 0.25) is 0 Å². The van der Waals surface area contributed by atoms with Crippen molar-refractivity contribution in [2.45, 2.75) is 13.1 Å². The molecule has 0 fully saturated rings. The molecule has 3 heterocycles. The van der Waals surface area contributed by atoms with Crippen LogP contribution >= 0.6 is 11.3 Å². The Morgan fingerprint density at radius 2 is 1.64 bits per heavy atom. The summed E-state index contributed by atoms with van der Waals surface area (Å²) in [6.45, 7) is 0.946. The van der Waals surface area contributed by atoms with E-state index in [0.29, 0.717) is 18.8 Å². The first kappa shape index (κ1) is 18.0. The van der Waals surface area contributed by atoms with E-state index in [1.807, 2.05) is 60.0 Å². The predicted octanol–water partition coefficient (Wildman–Crippen LogP) is 4.44. The Labute approximate surface area is 167 Å². The molecule has 0 radical (unpaired) electrons. The number of hydrogen-bond acceptors (Lipinski definition) is 5. The lowest BCUT2D eigenvalue weighted by Crippen LogP contribution is -2.30. The summed E-state index contributed by atoms with van der Waals surface area (Å²) in [6, 6.07) is 17.6.